The first-order valence-electron chi connectivity index (χ1n) is 7.04. The second kappa shape index (κ2) is 5.89. The van der Waals surface area contributed by atoms with Gasteiger partial charge in [-0.15, -0.1) is 4.40 Å². The van der Waals surface area contributed by atoms with E-state index in [1.54, 1.807) is 50.4 Å². The van der Waals surface area contributed by atoms with Gasteiger partial charge >= 0.3 is 0 Å². The van der Waals surface area contributed by atoms with Crippen LogP contribution in [0.4, 0.5) is 5.69 Å². The van der Waals surface area contributed by atoms with E-state index >= 15 is 0 Å². The van der Waals surface area contributed by atoms with Crippen LogP contribution < -0.4 is 10.1 Å². The van der Waals surface area contributed by atoms with Crippen molar-refractivity contribution in [3.8, 4) is 5.75 Å². The number of ether oxygens (including phenoxy) is 1. The van der Waals surface area contributed by atoms with Crippen molar-refractivity contribution in [2.45, 2.75) is 6.92 Å². The Bertz CT molecular complexity index is 883. The number of hydrogen-bond donors (Lipinski definition) is 1. The first kappa shape index (κ1) is 15.3. The minimum Gasteiger partial charge on any atom is -0.497 e. The maximum atomic E-state index is 12.4. The number of nitrogens with one attached hydrogen (secondary N) is 1. The highest BCUT2D eigenvalue weighted by atomic mass is 32.2. The molecule has 0 saturated heterocycles. The van der Waals surface area contributed by atoms with E-state index in [1.165, 1.54) is 0 Å². The summed E-state index contributed by atoms with van der Waals surface area (Å²) in [4.78, 5) is 0.245. The van der Waals surface area contributed by atoms with E-state index in [4.69, 9.17) is 4.74 Å². The van der Waals surface area contributed by atoms with E-state index in [0.717, 1.165) is 11.4 Å². The molecule has 0 fully saturated rings. The average molecular weight is 328 g/mol. The zero-order valence-electron chi connectivity index (χ0n) is 12.8. The third kappa shape index (κ3) is 2.98. The first-order chi connectivity index (χ1) is 11.0. The van der Waals surface area contributed by atoms with Crippen LogP contribution >= 0.6 is 0 Å². The lowest BCUT2D eigenvalue weighted by atomic mass is 10.1. The number of sulfonamides is 1. The minimum absolute atomic E-state index is 0.245. The SMILES string of the molecule is COc1ccc(NC2=NS(=O)(=O)C(c3ccccc3)=C2C)cc1. The molecule has 1 heterocycles. The van der Waals surface area contributed by atoms with Gasteiger partial charge in [-0.3, -0.25) is 0 Å². The summed E-state index contributed by atoms with van der Waals surface area (Å²) in [5, 5.41) is 3.05. The maximum absolute atomic E-state index is 12.4. The molecule has 1 N–H and O–H groups in total. The van der Waals surface area contributed by atoms with Crippen molar-refractivity contribution >= 4 is 26.5 Å². The maximum Gasteiger partial charge on any atom is 0.285 e. The highest BCUT2D eigenvalue weighted by Crippen LogP contribution is 2.32. The van der Waals surface area contributed by atoms with Gasteiger partial charge in [-0.25, -0.2) is 0 Å². The van der Waals surface area contributed by atoms with Crippen LogP contribution in [0.2, 0.25) is 0 Å². The van der Waals surface area contributed by atoms with Crippen molar-refractivity contribution in [2.24, 2.45) is 4.40 Å². The molecule has 0 bridgehead atoms. The second-order valence-electron chi connectivity index (χ2n) is 5.09. The lowest BCUT2D eigenvalue weighted by molar-refractivity contribution is 0.415. The lowest BCUT2D eigenvalue weighted by Crippen LogP contribution is -2.11. The number of hydrogen-bond acceptors (Lipinski definition) is 4. The van der Waals surface area contributed by atoms with Crippen LogP contribution in [0.25, 0.3) is 4.91 Å². The molecule has 6 heteroatoms. The summed E-state index contributed by atoms with van der Waals surface area (Å²) in [6, 6.07) is 16.2. The van der Waals surface area contributed by atoms with Gasteiger partial charge in [0.15, 0.2) is 0 Å². The molecule has 0 radical (unpaired) electrons. The zero-order valence-corrected chi connectivity index (χ0v) is 13.6. The Labute approximate surface area is 135 Å². The molecule has 1 aliphatic heterocycles. The molecule has 2 aromatic rings. The molecule has 2 aromatic carbocycles. The van der Waals surface area contributed by atoms with Gasteiger partial charge in [0.25, 0.3) is 10.0 Å². The van der Waals surface area contributed by atoms with E-state index < -0.39 is 10.0 Å². The molecule has 0 amide bonds. The molecule has 3 rings (SSSR count). The van der Waals surface area contributed by atoms with Crippen LogP contribution in [0.3, 0.4) is 0 Å². The molecular weight excluding hydrogens is 312 g/mol. The number of anilines is 1. The molecule has 0 atom stereocenters. The summed E-state index contributed by atoms with van der Waals surface area (Å²) in [6.07, 6.45) is 0. The number of nitrogens with zero attached hydrogens (tertiary/aromatic N) is 1. The number of amidine groups is 1. The van der Waals surface area contributed by atoms with Crippen molar-refractivity contribution < 1.29 is 13.2 Å². The number of benzene rings is 2. The number of methoxy groups -OCH3 is 1. The Morgan fingerprint density at radius 3 is 2.26 bits per heavy atom. The van der Waals surface area contributed by atoms with Crippen molar-refractivity contribution in [3.05, 3.63) is 65.7 Å². The van der Waals surface area contributed by atoms with Crippen LogP contribution in [0.5, 0.6) is 5.75 Å². The van der Waals surface area contributed by atoms with Crippen molar-refractivity contribution in [2.75, 3.05) is 12.4 Å². The largest absolute Gasteiger partial charge is 0.497 e. The molecule has 0 saturated carbocycles. The van der Waals surface area contributed by atoms with Crippen LogP contribution in [0, 0.1) is 0 Å². The second-order valence-corrected chi connectivity index (χ2v) is 6.63. The normalized spacial score (nSPS) is 16.2. The van der Waals surface area contributed by atoms with Gasteiger partial charge in [-0.1, -0.05) is 30.3 Å². The van der Waals surface area contributed by atoms with Crippen molar-refractivity contribution in [3.63, 3.8) is 0 Å². The monoisotopic (exact) mass is 328 g/mol. The standard InChI is InChI=1S/C17H16N2O3S/c1-12-16(13-6-4-3-5-7-13)23(20,21)19-17(12)18-14-8-10-15(22-2)11-9-14/h3-11H,1-2H3,(H,18,19). The van der Waals surface area contributed by atoms with E-state index in [1.807, 2.05) is 18.2 Å². The van der Waals surface area contributed by atoms with E-state index in [9.17, 15) is 8.42 Å². The minimum atomic E-state index is -3.69. The fourth-order valence-electron chi connectivity index (χ4n) is 2.42. The fraction of sp³-hybridized carbons (Fsp3) is 0.118. The molecule has 118 valence electrons. The third-order valence-electron chi connectivity index (χ3n) is 3.55. The topological polar surface area (TPSA) is 67.8 Å². The first-order valence-corrected chi connectivity index (χ1v) is 8.48. The van der Waals surface area contributed by atoms with Crippen LogP contribution in [0.1, 0.15) is 12.5 Å². The van der Waals surface area contributed by atoms with Crippen LogP contribution in [-0.4, -0.2) is 21.4 Å². The quantitative estimate of drug-likeness (QED) is 0.939. The van der Waals surface area contributed by atoms with E-state index in [2.05, 4.69) is 9.71 Å². The predicted octanol–water partition coefficient (Wildman–Crippen LogP) is 3.28. The summed E-state index contributed by atoms with van der Waals surface area (Å²) in [5.41, 5.74) is 1.99. The Morgan fingerprint density at radius 2 is 1.65 bits per heavy atom. The summed E-state index contributed by atoms with van der Waals surface area (Å²) in [7, 11) is -2.10. The summed E-state index contributed by atoms with van der Waals surface area (Å²) < 4.78 is 33.7. The van der Waals surface area contributed by atoms with E-state index in [-0.39, 0.29) is 4.91 Å². The molecule has 0 spiro atoms. The molecule has 0 aromatic heterocycles. The Kier molecular flexibility index (Phi) is 3.92. The molecule has 0 unspecified atom stereocenters. The van der Waals surface area contributed by atoms with Gasteiger partial charge in [-0.05, 0) is 36.8 Å². The highest BCUT2D eigenvalue weighted by molar-refractivity contribution is 8.00. The van der Waals surface area contributed by atoms with Crippen molar-refractivity contribution in [1.29, 1.82) is 0 Å². The lowest BCUT2D eigenvalue weighted by Gasteiger charge is -2.08. The Hall–Kier alpha value is -2.60. The van der Waals surface area contributed by atoms with Gasteiger partial charge in [0.1, 0.15) is 16.5 Å². The third-order valence-corrected chi connectivity index (χ3v) is 5.03. The van der Waals surface area contributed by atoms with Crippen molar-refractivity contribution in [1.82, 2.24) is 0 Å². The van der Waals surface area contributed by atoms with Crippen LogP contribution in [-0.2, 0) is 10.0 Å². The number of rotatable bonds is 3. The summed E-state index contributed by atoms with van der Waals surface area (Å²) in [5.74, 6) is 1.07. The average Bonchev–Trinajstić information content (AvgIpc) is 2.77. The van der Waals surface area contributed by atoms with E-state index in [0.29, 0.717) is 17.0 Å². The van der Waals surface area contributed by atoms with Gasteiger partial charge in [0.05, 0.1) is 7.11 Å². The Balaban J connectivity index is 1.95. The molecule has 1 aliphatic rings. The van der Waals surface area contributed by atoms with Gasteiger partial charge in [-0.2, -0.15) is 8.42 Å². The fourth-order valence-corrected chi connectivity index (χ4v) is 3.85. The molecule has 23 heavy (non-hydrogen) atoms. The molecule has 0 aliphatic carbocycles. The van der Waals surface area contributed by atoms with Gasteiger partial charge in [0, 0.05) is 11.3 Å². The summed E-state index contributed by atoms with van der Waals surface area (Å²) >= 11 is 0. The highest BCUT2D eigenvalue weighted by Gasteiger charge is 2.30. The predicted molar refractivity (Wildman–Crippen MR) is 92.0 cm³/mol. The van der Waals surface area contributed by atoms with Gasteiger partial charge in [0.2, 0.25) is 0 Å². The van der Waals surface area contributed by atoms with Gasteiger partial charge < -0.3 is 10.1 Å². The molecule has 5 nitrogen and oxygen atoms in total. The summed E-state index contributed by atoms with van der Waals surface area (Å²) in [6.45, 7) is 1.75. The molecular formula is C17H16N2O3S. The van der Waals surface area contributed by atoms with Crippen LogP contribution in [0.15, 0.2) is 64.6 Å². The zero-order chi connectivity index (χ0) is 16.4. The smallest absolute Gasteiger partial charge is 0.285 e. The Morgan fingerprint density at radius 1 is 1.00 bits per heavy atom.